The number of aryl methyl sites for hydroxylation is 1. The Labute approximate surface area is 119 Å². The summed E-state index contributed by atoms with van der Waals surface area (Å²) in [6.45, 7) is 7.53. The molecule has 1 N–H and O–H groups in total. The van der Waals surface area contributed by atoms with Gasteiger partial charge in [0.1, 0.15) is 5.60 Å². The van der Waals surface area contributed by atoms with Crippen molar-refractivity contribution in [2.75, 3.05) is 0 Å². The van der Waals surface area contributed by atoms with Crippen LogP contribution in [0.25, 0.3) is 0 Å². The van der Waals surface area contributed by atoms with Crippen molar-refractivity contribution in [3.8, 4) is 0 Å². The molecule has 0 unspecified atom stereocenters. The lowest BCUT2D eigenvalue weighted by Crippen LogP contribution is -2.27. The number of aromatic nitrogens is 2. The van der Waals surface area contributed by atoms with E-state index in [4.69, 9.17) is 4.74 Å². The van der Waals surface area contributed by atoms with E-state index < -0.39 is 5.60 Å². The van der Waals surface area contributed by atoms with E-state index in [1.165, 1.54) is 0 Å². The monoisotopic (exact) mass is 279 g/mol. The first-order chi connectivity index (χ1) is 9.26. The molecule has 0 spiro atoms. The molecule has 1 aromatic heterocycles. The summed E-state index contributed by atoms with van der Waals surface area (Å²) in [6, 6.07) is 0. The van der Waals surface area contributed by atoms with Crippen molar-refractivity contribution in [1.29, 1.82) is 0 Å². The smallest absolute Gasteiger partial charge is 0.306 e. The minimum atomic E-state index is -0.523. The van der Waals surface area contributed by atoms with Crippen molar-refractivity contribution >= 4 is 11.9 Å². The lowest BCUT2D eigenvalue weighted by molar-refractivity contribution is -0.155. The third-order valence-corrected chi connectivity index (χ3v) is 2.28. The van der Waals surface area contributed by atoms with E-state index in [1.54, 1.807) is 33.2 Å². The maximum absolute atomic E-state index is 11.6. The normalized spacial score (nSPS) is 11.0. The van der Waals surface area contributed by atoms with Crippen molar-refractivity contribution in [3.05, 3.63) is 23.8 Å². The number of nitrogens with zero attached hydrogens (tertiary/aromatic N) is 2. The van der Waals surface area contributed by atoms with Gasteiger partial charge in [-0.25, -0.2) is 0 Å². The van der Waals surface area contributed by atoms with Crippen LogP contribution in [0.1, 0.15) is 45.0 Å². The minimum Gasteiger partial charge on any atom is -0.460 e. The van der Waals surface area contributed by atoms with E-state index >= 15 is 0 Å². The lowest BCUT2D eigenvalue weighted by Gasteiger charge is -2.19. The highest BCUT2D eigenvalue weighted by molar-refractivity contribution is 5.81. The van der Waals surface area contributed by atoms with Crippen LogP contribution in [0.2, 0.25) is 0 Å². The predicted molar refractivity (Wildman–Crippen MR) is 73.7 cm³/mol. The van der Waals surface area contributed by atoms with Crippen LogP contribution in [-0.4, -0.2) is 27.4 Å². The molecular formula is C14H21N3O3. The zero-order valence-corrected chi connectivity index (χ0v) is 12.4. The van der Waals surface area contributed by atoms with E-state index in [0.29, 0.717) is 12.2 Å². The molecule has 0 aromatic carbocycles. The van der Waals surface area contributed by atoms with Crippen LogP contribution in [0.15, 0.2) is 12.4 Å². The molecule has 1 heterocycles. The molecule has 0 aliphatic rings. The third-order valence-electron chi connectivity index (χ3n) is 2.28. The second kappa shape index (κ2) is 6.98. The van der Waals surface area contributed by atoms with Gasteiger partial charge < -0.3 is 10.1 Å². The van der Waals surface area contributed by atoms with Gasteiger partial charge >= 0.3 is 5.97 Å². The molecular weight excluding hydrogens is 258 g/mol. The Morgan fingerprint density at radius 1 is 1.20 bits per heavy atom. The minimum absolute atomic E-state index is 0.0721. The van der Waals surface area contributed by atoms with Gasteiger partial charge in [0, 0.05) is 12.6 Å². The Hall–Kier alpha value is -1.98. The second-order valence-corrected chi connectivity index (χ2v) is 5.51. The number of amides is 1. The van der Waals surface area contributed by atoms with E-state index in [2.05, 4.69) is 15.3 Å². The van der Waals surface area contributed by atoms with E-state index in [9.17, 15) is 9.59 Å². The highest BCUT2D eigenvalue weighted by Gasteiger charge is 2.16. The Balaban J connectivity index is 2.27. The first-order valence-electron chi connectivity index (χ1n) is 6.52. The van der Waals surface area contributed by atoms with Crippen LogP contribution < -0.4 is 5.32 Å². The van der Waals surface area contributed by atoms with Crippen molar-refractivity contribution in [1.82, 2.24) is 15.3 Å². The van der Waals surface area contributed by atoms with E-state index in [0.717, 1.165) is 5.69 Å². The largest absolute Gasteiger partial charge is 0.460 e. The fourth-order valence-corrected chi connectivity index (χ4v) is 1.40. The molecule has 110 valence electrons. The van der Waals surface area contributed by atoms with Crippen LogP contribution in [-0.2, 0) is 20.9 Å². The fourth-order valence-electron chi connectivity index (χ4n) is 1.40. The molecule has 0 atom stereocenters. The van der Waals surface area contributed by atoms with Crippen molar-refractivity contribution < 1.29 is 14.3 Å². The summed E-state index contributed by atoms with van der Waals surface area (Å²) in [5.41, 5.74) is 0.983. The fraction of sp³-hybridized carbons (Fsp3) is 0.571. The molecule has 0 fully saturated rings. The number of rotatable bonds is 5. The predicted octanol–water partition coefficient (Wildman–Crippen LogP) is 1.52. The summed E-state index contributed by atoms with van der Waals surface area (Å²) >= 11 is 0. The maximum Gasteiger partial charge on any atom is 0.306 e. The Bertz CT molecular complexity index is 464. The quantitative estimate of drug-likeness (QED) is 0.826. The average molecular weight is 279 g/mol. The van der Waals surface area contributed by atoms with Gasteiger partial charge in [-0.1, -0.05) is 0 Å². The van der Waals surface area contributed by atoms with E-state index in [1.807, 2.05) is 6.92 Å². The first-order valence-corrected chi connectivity index (χ1v) is 6.52. The number of carbonyl (C=O) groups excluding carboxylic acids is 2. The molecule has 0 saturated heterocycles. The molecule has 1 aromatic rings. The summed E-state index contributed by atoms with van der Waals surface area (Å²) in [7, 11) is 0. The summed E-state index contributed by atoms with van der Waals surface area (Å²) in [5, 5.41) is 2.69. The van der Waals surface area contributed by atoms with Crippen LogP contribution in [0.5, 0.6) is 0 Å². The molecule has 1 rings (SSSR count). The summed E-state index contributed by atoms with van der Waals surface area (Å²) in [6.07, 6.45) is 3.43. The van der Waals surface area contributed by atoms with Gasteiger partial charge in [0.25, 0.3) is 0 Å². The highest BCUT2D eigenvalue weighted by atomic mass is 16.6. The van der Waals surface area contributed by atoms with Gasteiger partial charge in [-0.3, -0.25) is 19.6 Å². The average Bonchev–Trinajstić information content (AvgIpc) is 2.33. The second-order valence-electron chi connectivity index (χ2n) is 5.51. The van der Waals surface area contributed by atoms with E-state index in [-0.39, 0.29) is 24.7 Å². The zero-order valence-electron chi connectivity index (χ0n) is 12.4. The third kappa shape index (κ3) is 6.82. The number of carbonyl (C=O) groups is 2. The number of nitrogens with one attached hydrogen (secondary N) is 1. The molecule has 0 aliphatic heterocycles. The molecule has 0 saturated carbocycles. The van der Waals surface area contributed by atoms with Crippen LogP contribution in [0, 0.1) is 6.92 Å². The zero-order chi connectivity index (χ0) is 15.2. The molecule has 6 nitrogen and oxygen atoms in total. The molecule has 1 amide bonds. The first kappa shape index (κ1) is 16.1. The summed E-state index contributed by atoms with van der Waals surface area (Å²) in [4.78, 5) is 31.2. The van der Waals surface area contributed by atoms with Gasteiger partial charge in [-0.2, -0.15) is 0 Å². The summed E-state index contributed by atoms with van der Waals surface area (Å²) in [5.74, 6) is -0.582. The van der Waals surface area contributed by atoms with Crippen molar-refractivity contribution in [2.24, 2.45) is 0 Å². The number of hydrogen-bond donors (Lipinski definition) is 1. The molecule has 0 aliphatic carbocycles. The molecule has 0 bridgehead atoms. The number of hydrogen-bond acceptors (Lipinski definition) is 5. The summed E-state index contributed by atoms with van der Waals surface area (Å²) < 4.78 is 5.12. The van der Waals surface area contributed by atoms with Crippen LogP contribution in [0.3, 0.4) is 0 Å². The van der Waals surface area contributed by atoms with Gasteiger partial charge in [-0.05, 0) is 27.7 Å². The lowest BCUT2D eigenvalue weighted by atomic mass is 10.2. The van der Waals surface area contributed by atoms with Gasteiger partial charge in [0.15, 0.2) is 0 Å². The molecule has 6 heteroatoms. The molecule has 0 radical (unpaired) electrons. The Kier molecular flexibility index (Phi) is 5.61. The number of esters is 1. The van der Waals surface area contributed by atoms with Gasteiger partial charge in [0.2, 0.25) is 5.91 Å². The Morgan fingerprint density at radius 3 is 2.45 bits per heavy atom. The van der Waals surface area contributed by atoms with Crippen LogP contribution in [0.4, 0.5) is 0 Å². The Morgan fingerprint density at radius 2 is 1.90 bits per heavy atom. The number of ether oxygens (including phenoxy) is 1. The van der Waals surface area contributed by atoms with Crippen molar-refractivity contribution in [3.63, 3.8) is 0 Å². The van der Waals surface area contributed by atoms with Gasteiger partial charge in [-0.15, -0.1) is 0 Å². The molecule has 20 heavy (non-hydrogen) atoms. The van der Waals surface area contributed by atoms with Crippen molar-refractivity contribution in [2.45, 2.75) is 52.7 Å². The SMILES string of the molecule is Cc1cnc(CNC(=O)CCC(=O)OC(C)(C)C)cn1. The van der Waals surface area contributed by atoms with Crippen LogP contribution >= 0.6 is 0 Å². The highest BCUT2D eigenvalue weighted by Crippen LogP contribution is 2.09. The topological polar surface area (TPSA) is 81.2 Å². The maximum atomic E-state index is 11.6. The standard InChI is InChI=1S/C14H21N3O3/c1-10-7-16-11(8-15-10)9-17-12(18)5-6-13(19)20-14(2,3)4/h7-8H,5-6,9H2,1-4H3,(H,17,18). The van der Waals surface area contributed by atoms with Gasteiger partial charge in [0.05, 0.1) is 30.6 Å².